The minimum atomic E-state index is -4.10. The van der Waals surface area contributed by atoms with Crippen LogP contribution in [-0.2, 0) is 4.79 Å². The molecule has 0 bridgehead atoms. The van der Waals surface area contributed by atoms with Gasteiger partial charge in [0.15, 0.2) is 0 Å². The maximum atomic E-state index is 12.4. The normalized spacial score (nSPS) is 12.2. The molecule has 1 amide bonds. The molecule has 102 valence electrons. The number of hydrogen-bond acceptors (Lipinski definition) is 2. The molecule has 0 rings (SSSR count). The fourth-order valence-corrected chi connectivity index (χ4v) is 0.983. The molecule has 0 aromatic carbocycles. The van der Waals surface area contributed by atoms with E-state index in [1.54, 1.807) is 0 Å². The van der Waals surface area contributed by atoms with Crippen molar-refractivity contribution < 1.29 is 22.4 Å². The third-order valence-electron chi connectivity index (χ3n) is 2.01. The molecule has 0 heterocycles. The van der Waals surface area contributed by atoms with E-state index in [1.807, 2.05) is 19.2 Å². The quantitative estimate of drug-likeness (QED) is 0.650. The topological polar surface area (TPSA) is 41.1 Å². The highest BCUT2D eigenvalue weighted by Crippen LogP contribution is 2.21. The molecule has 0 aliphatic heterocycles. The number of amides is 1. The van der Waals surface area contributed by atoms with Crippen LogP contribution in [0.1, 0.15) is 20.3 Å². The lowest BCUT2D eigenvalue weighted by atomic mass is 10.1. The highest BCUT2D eigenvalue weighted by molar-refractivity contribution is 5.77. The molecular formula is C10H18F4N2O. The Morgan fingerprint density at radius 3 is 2.35 bits per heavy atom. The predicted octanol–water partition coefficient (Wildman–Crippen LogP) is 1.64. The molecule has 17 heavy (non-hydrogen) atoms. The second-order valence-electron chi connectivity index (χ2n) is 4.20. The van der Waals surface area contributed by atoms with Gasteiger partial charge in [0.2, 0.25) is 5.91 Å². The summed E-state index contributed by atoms with van der Waals surface area (Å²) in [5, 5.41) is 4.50. The molecule has 0 aromatic heterocycles. The SMILES string of the molecule is CC(C)CCNC(=O)CNCC(F)(F)C(F)F. The van der Waals surface area contributed by atoms with Crippen molar-refractivity contribution in [2.45, 2.75) is 32.6 Å². The molecule has 0 aromatic rings. The first-order valence-corrected chi connectivity index (χ1v) is 5.39. The van der Waals surface area contributed by atoms with Crippen LogP contribution in [0.25, 0.3) is 0 Å². The zero-order valence-corrected chi connectivity index (χ0v) is 9.90. The molecule has 0 saturated heterocycles. The lowest BCUT2D eigenvalue weighted by molar-refractivity contribution is -0.128. The fourth-order valence-electron chi connectivity index (χ4n) is 0.983. The second-order valence-corrected chi connectivity index (χ2v) is 4.20. The van der Waals surface area contributed by atoms with E-state index in [2.05, 4.69) is 5.32 Å². The Hall–Kier alpha value is -0.850. The number of rotatable bonds is 8. The van der Waals surface area contributed by atoms with Crippen LogP contribution >= 0.6 is 0 Å². The van der Waals surface area contributed by atoms with Gasteiger partial charge in [0.05, 0.1) is 13.1 Å². The second kappa shape index (κ2) is 7.47. The van der Waals surface area contributed by atoms with Crippen molar-refractivity contribution in [3.63, 3.8) is 0 Å². The average Bonchev–Trinajstić information content (AvgIpc) is 2.16. The van der Waals surface area contributed by atoms with Gasteiger partial charge in [-0.25, -0.2) is 8.78 Å². The number of halogens is 4. The molecular weight excluding hydrogens is 240 g/mol. The number of carbonyl (C=O) groups excluding carboxylic acids is 1. The van der Waals surface area contributed by atoms with E-state index in [-0.39, 0.29) is 6.54 Å². The highest BCUT2D eigenvalue weighted by Gasteiger charge is 2.40. The van der Waals surface area contributed by atoms with Crippen LogP contribution in [0.2, 0.25) is 0 Å². The molecule has 0 spiro atoms. The van der Waals surface area contributed by atoms with E-state index in [0.717, 1.165) is 6.42 Å². The van der Waals surface area contributed by atoms with Gasteiger partial charge >= 0.3 is 12.3 Å². The standard InChI is InChI=1S/C10H18F4N2O/c1-7(2)3-4-16-8(17)5-15-6-10(13,14)9(11)12/h7,9,15H,3-6H2,1-2H3,(H,16,17). The predicted molar refractivity (Wildman–Crippen MR) is 56.3 cm³/mol. The van der Waals surface area contributed by atoms with Crippen LogP contribution in [0, 0.1) is 5.92 Å². The minimum Gasteiger partial charge on any atom is -0.355 e. The Bertz CT molecular complexity index is 234. The maximum Gasteiger partial charge on any atom is 0.319 e. The Morgan fingerprint density at radius 2 is 1.88 bits per heavy atom. The minimum absolute atomic E-state index is 0.388. The van der Waals surface area contributed by atoms with Gasteiger partial charge < -0.3 is 10.6 Å². The van der Waals surface area contributed by atoms with Gasteiger partial charge in [0.1, 0.15) is 0 Å². The van der Waals surface area contributed by atoms with Gasteiger partial charge in [-0.3, -0.25) is 4.79 Å². The van der Waals surface area contributed by atoms with Gasteiger partial charge in [0.25, 0.3) is 0 Å². The third-order valence-corrected chi connectivity index (χ3v) is 2.01. The summed E-state index contributed by atoms with van der Waals surface area (Å²) in [6.45, 7) is 2.81. The molecule has 0 aliphatic carbocycles. The smallest absolute Gasteiger partial charge is 0.319 e. The summed E-state index contributed by atoms with van der Waals surface area (Å²) in [4.78, 5) is 11.1. The van der Waals surface area contributed by atoms with E-state index in [9.17, 15) is 22.4 Å². The molecule has 0 atom stereocenters. The van der Waals surface area contributed by atoms with Gasteiger partial charge in [-0.05, 0) is 12.3 Å². The first-order chi connectivity index (χ1) is 7.75. The molecule has 2 N–H and O–H groups in total. The summed E-state index contributed by atoms with van der Waals surface area (Å²) in [7, 11) is 0. The molecule has 3 nitrogen and oxygen atoms in total. The van der Waals surface area contributed by atoms with E-state index in [0.29, 0.717) is 12.5 Å². The first-order valence-electron chi connectivity index (χ1n) is 5.39. The molecule has 7 heteroatoms. The van der Waals surface area contributed by atoms with Crippen molar-refractivity contribution in [1.82, 2.24) is 10.6 Å². The Balaban J connectivity index is 3.65. The summed E-state index contributed by atoms with van der Waals surface area (Å²) >= 11 is 0. The van der Waals surface area contributed by atoms with Crippen LogP contribution in [0.5, 0.6) is 0 Å². The zero-order valence-electron chi connectivity index (χ0n) is 9.90. The van der Waals surface area contributed by atoms with Crippen molar-refractivity contribution in [3.8, 4) is 0 Å². The molecule has 0 radical (unpaired) electrons. The van der Waals surface area contributed by atoms with Gasteiger partial charge in [0, 0.05) is 6.54 Å². The Labute approximate surface area is 97.9 Å². The number of nitrogens with one attached hydrogen (secondary N) is 2. The molecule has 0 fully saturated rings. The maximum absolute atomic E-state index is 12.4. The van der Waals surface area contributed by atoms with Gasteiger partial charge in [-0.15, -0.1) is 0 Å². The van der Waals surface area contributed by atoms with Crippen LogP contribution in [-0.4, -0.2) is 37.9 Å². The number of hydrogen-bond donors (Lipinski definition) is 2. The van der Waals surface area contributed by atoms with Crippen LogP contribution in [0.4, 0.5) is 17.6 Å². The highest BCUT2D eigenvalue weighted by atomic mass is 19.3. The number of carbonyl (C=O) groups is 1. The van der Waals surface area contributed by atoms with Crippen molar-refractivity contribution in [1.29, 1.82) is 0 Å². The summed E-state index contributed by atoms with van der Waals surface area (Å²) < 4.78 is 48.3. The fraction of sp³-hybridized carbons (Fsp3) is 0.900. The Morgan fingerprint density at radius 1 is 1.29 bits per heavy atom. The lowest BCUT2D eigenvalue weighted by Crippen LogP contribution is -2.43. The van der Waals surface area contributed by atoms with E-state index in [1.165, 1.54) is 0 Å². The van der Waals surface area contributed by atoms with Crippen LogP contribution in [0.15, 0.2) is 0 Å². The molecule has 0 saturated carbocycles. The van der Waals surface area contributed by atoms with Gasteiger partial charge in [-0.1, -0.05) is 13.8 Å². The summed E-state index contributed by atoms with van der Waals surface area (Å²) in [5.41, 5.74) is 0. The van der Waals surface area contributed by atoms with Crippen molar-refractivity contribution in [2.24, 2.45) is 5.92 Å². The monoisotopic (exact) mass is 258 g/mol. The van der Waals surface area contributed by atoms with E-state index >= 15 is 0 Å². The van der Waals surface area contributed by atoms with Crippen LogP contribution < -0.4 is 10.6 Å². The molecule has 0 unspecified atom stereocenters. The van der Waals surface area contributed by atoms with Gasteiger partial charge in [-0.2, -0.15) is 8.78 Å². The van der Waals surface area contributed by atoms with E-state index < -0.39 is 24.8 Å². The Kier molecular flexibility index (Phi) is 7.10. The summed E-state index contributed by atoms with van der Waals surface area (Å²) in [6.07, 6.45) is -2.95. The average molecular weight is 258 g/mol. The first kappa shape index (κ1) is 16.1. The van der Waals surface area contributed by atoms with Crippen molar-refractivity contribution >= 4 is 5.91 Å². The summed E-state index contributed by atoms with van der Waals surface area (Å²) in [6, 6.07) is 0. The van der Waals surface area contributed by atoms with Crippen molar-refractivity contribution in [2.75, 3.05) is 19.6 Å². The lowest BCUT2D eigenvalue weighted by Gasteiger charge is -2.15. The third kappa shape index (κ3) is 7.95. The summed E-state index contributed by atoms with van der Waals surface area (Å²) in [5.74, 6) is -4.15. The largest absolute Gasteiger partial charge is 0.355 e. The molecule has 0 aliphatic rings. The van der Waals surface area contributed by atoms with Crippen molar-refractivity contribution in [3.05, 3.63) is 0 Å². The van der Waals surface area contributed by atoms with Crippen LogP contribution in [0.3, 0.4) is 0 Å². The number of alkyl halides is 4. The van der Waals surface area contributed by atoms with E-state index in [4.69, 9.17) is 0 Å². The zero-order chi connectivity index (χ0) is 13.5.